The van der Waals surface area contributed by atoms with Crippen LogP contribution in [-0.4, -0.2) is 21.9 Å². The van der Waals surface area contributed by atoms with Crippen LogP contribution in [0.25, 0.3) is 0 Å². The fourth-order valence-electron chi connectivity index (χ4n) is 0.601. The van der Waals surface area contributed by atoms with Crippen LogP contribution in [0.1, 0.15) is 0 Å². The van der Waals surface area contributed by atoms with Crippen LogP contribution in [0.2, 0.25) is 0 Å². The molecule has 1 aromatic rings. The third-order valence-corrected chi connectivity index (χ3v) is 2.27. The van der Waals surface area contributed by atoms with Crippen molar-refractivity contribution in [3.05, 3.63) is 24.4 Å². The summed E-state index contributed by atoms with van der Waals surface area (Å²) in [4.78, 5) is 14.8. The summed E-state index contributed by atoms with van der Waals surface area (Å²) in [5.41, 5.74) is 0. The summed E-state index contributed by atoms with van der Waals surface area (Å²) >= 11 is 5.72. The first-order chi connectivity index (χ1) is 5.83. The highest BCUT2D eigenvalue weighted by Gasteiger charge is 1.99. The Bertz CT molecular complexity index is 274. The van der Waals surface area contributed by atoms with Gasteiger partial charge in [0, 0.05) is 6.20 Å². The van der Waals surface area contributed by atoms with Gasteiger partial charge in [-0.2, -0.15) is 0 Å². The van der Waals surface area contributed by atoms with Gasteiger partial charge < -0.3 is 0 Å². The molecule has 0 saturated carbocycles. The highest BCUT2D eigenvalue weighted by molar-refractivity contribution is 8.00. The van der Waals surface area contributed by atoms with E-state index in [1.54, 1.807) is 6.20 Å². The van der Waals surface area contributed by atoms with E-state index in [1.165, 1.54) is 11.8 Å². The smallest absolute Gasteiger partial charge is 0.185 e. The summed E-state index contributed by atoms with van der Waals surface area (Å²) in [6.45, 7) is 0. The third-order valence-electron chi connectivity index (χ3n) is 1.10. The van der Waals surface area contributed by atoms with E-state index >= 15 is 0 Å². The van der Waals surface area contributed by atoms with Gasteiger partial charge in [-0.25, -0.2) is 4.98 Å². The summed E-state index contributed by atoms with van der Waals surface area (Å²) in [6.07, 6.45) is 1.69. The standard InChI is InChI=1S/C8H6NOS2/c10-7(5-11)6-12-8-3-1-2-4-9-8/h1-4H,6H2. The van der Waals surface area contributed by atoms with Gasteiger partial charge in [-0.05, 0) is 12.1 Å². The fourth-order valence-corrected chi connectivity index (χ4v) is 1.43. The molecule has 4 heteroatoms. The molecule has 1 heterocycles. The van der Waals surface area contributed by atoms with E-state index < -0.39 is 0 Å². The quantitative estimate of drug-likeness (QED) is 0.540. The summed E-state index contributed by atoms with van der Waals surface area (Å²) in [7, 11) is 0. The van der Waals surface area contributed by atoms with Crippen LogP contribution in [0.3, 0.4) is 0 Å². The largest absolute Gasteiger partial charge is 0.292 e. The number of rotatable bonds is 4. The van der Waals surface area contributed by atoms with E-state index in [-0.39, 0.29) is 5.78 Å². The maximum atomic E-state index is 10.7. The number of ketones is 1. The molecule has 0 aliphatic carbocycles. The van der Waals surface area contributed by atoms with E-state index in [0.29, 0.717) is 5.75 Å². The second-order valence-corrected chi connectivity index (χ2v) is 3.18. The number of pyridine rings is 1. The Morgan fingerprint density at radius 3 is 3.08 bits per heavy atom. The summed E-state index contributed by atoms with van der Waals surface area (Å²) < 4.78 is 0. The van der Waals surface area contributed by atoms with Crippen molar-refractivity contribution in [2.24, 2.45) is 0 Å². The lowest BCUT2D eigenvalue weighted by molar-refractivity contribution is -0.110. The molecule has 12 heavy (non-hydrogen) atoms. The molecule has 0 unspecified atom stereocenters. The number of nitrogens with zero attached hydrogens (tertiary/aromatic N) is 1. The summed E-state index contributed by atoms with van der Waals surface area (Å²) in [6, 6.07) is 5.56. The maximum Gasteiger partial charge on any atom is 0.185 e. The van der Waals surface area contributed by atoms with Crippen LogP contribution in [0.5, 0.6) is 0 Å². The van der Waals surface area contributed by atoms with E-state index in [2.05, 4.69) is 22.6 Å². The van der Waals surface area contributed by atoms with Crippen LogP contribution >= 0.6 is 24.0 Å². The van der Waals surface area contributed by atoms with Crippen molar-refractivity contribution in [1.82, 2.24) is 4.98 Å². The van der Waals surface area contributed by atoms with Gasteiger partial charge >= 0.3 is 0 Å². The predicted octanol–water partition coefficient (Wildman–Crippen LogP) is 1.62. The van der Waals surface area contributed by atoms with Crippen molar-refractivity contribution in [3.63, 3.8) is 0 Å². The van der Waals surface area contributed by atoms with Crippen LogP contribution in [-0.2, 0) is 4.79 Å². The van der Waals surface area contributed by atoms with Gasteiger partial charge in [0.05, 0.1) is 10.8 Å². The lowest BCUT2D eigenvalue weighted by Crippen LogP contribution is -2.00. The molecule has 0 fully saturated rings. The maximum absolute atomic E-state index is 10.7. The topological polar surface area (TPSA) is 30.0 Å². The first-order valence-corrected chi connectivity index (χ1v) is 4.67. The molecule has 1 radical (unpaired) electrons. The first kappa shape index (κ1) is 9.35. The number of hydrogen-bond acceptors (Lipinski definition) is 4. The van der Waals surface area contributed by atoms with Crippen LogP contribution in [0, 0.1) is 0 Å². The van der Waals surface area contributed by atoms with Crippen molar-refractivity contribution in [2.75, 3.05) is 5.75 Å². The second-order valence-electron chi connectivity index (χ2n) is 1.98. The molecule has 0 saturated heterocycles. The van der Waals surface area contributed by atoms with Crippen molar-refractivity contribution in [1.29, 1.82) is 0 Å². The van der Waals surface area contributed by atoms with Crippen LogP contribution in [0.15, 0.2) is 29.4 Å². The fraction of sp³-hybridized carbons (Fsp3) is 0.125. The monoisotopic (exact) mass is 196 g/mol. The number of carbonyl (C=O) groups is 1. The van der Waals surface area contributed by atoms with Crippen LogP contribution < -0.4 is 0 Å². The molecule has 0 aromatic carbocycles. The van der Waals surface area contributed by atoms with Gasteiger partial charge in [0.1, 0.15) is 5.37 Å². The van der Waals surface area contributed by atoms with Crippen molar-refractivity contribution < 1.29 is 4.79 Å². The molecular weight excluding hydrogens is 190 g/mol. The molecule has 1 aromatic heterocycles. The zero-order valence-electron chi connectivity index (χ0n) is 6.19. The number of hydrogen-bond donors (Lipinski definition) is 0. The molecule has 0 aliphatic rings. The van der Waals surface area contributed by atoms with E-state index in [0.717, 1.165) is 5.03 Å². The third kappa shape index (κ3) is 3.11. The SMILES string of the molecule is O=C([C]=S)CSc1ccccn1. The molecule has 0 aliphatic heterocycles. The van der Waals surface area contributed by atoms with Gasteiger partial charge in [-0.1, -0.05) is 30.0 Å². The Labute approximate surface area is 80.4 Å². The number of carbonyl (C=O) groups excluding carboxylic acids is 1. The molecular formula is C8H6NOS2. The summed E-state index contributed by atoms with van der Waals surface area (Å²) in [5.74, 6) is 0.154. The molecule has 0 spiro atoms. The van der Waals surface area contributed by atoms with E-state index in [4.69, 9.17) is 0 Å². The Kier molecular flexibility index (Phi) is 3.90. The Morgan fingerprint density at radius 1 is 1.67 bits per heavy atom. The van der Waals surface area contributed by atoms with E-state index in [9.17, 15) is 4.79 Å². The average Bonchev–Trinajstić information content (AvgIpc) is 2.16. The lowest BCUT2D eigenvalue weighted by Gasteiger charge is -1.94. The number of thioether (sulfide) groups is 1. The van der Waals surface area contributed by atoms with Crippen molar-refractivity contribution in [2.45, 2.75) is 5.03 Å². The Hall–Kier alpha value is -0.740. The average molecular weight is 196 g/mol. The zero-order valence-corrected chi connectivity index (χ0v) is 7.82. The van der Waals surface area contributed by atoms with Gasteiger partial charge in [-0.15, -0.1) is 0 Å². The van der Waals surface area contributed by atoms with Gasteiger partial charge in [0.15, 0.2) is 5.78 Å². The first-order valence-electron chi connectivity index (χ1n) is 3.28. The molecule has 0 bridgehead atoms. The van der Waals surface area contributed by atoms with Crippen LogP contribution in [0.4, 0.5) is 0 Å². The molecule has 0 N–H and O–H groups in total. The molecule has 2 nitrogen and oxygen atoms in total. The minimum atomic E-state index is -0.166. The number of aromatic nitrogens is 1. The predicted molar refractivity (Wildman–Crippen MR) is 52.6 cm³/mol. The van der Waals surface area contributed by atoms with Gasteiger partial charge in [0.2, 0.25) is 0 Å². The van der Waals surface area contributed by atoms with Crippen molar-refractivity contribution >= 4 is 35.1 Å². The van der Waals surface area contributed by atoms with Gasteiger partial charge in [-0.3, -0.25) is 4.79 Å². The molecule has 0 amide bonds. The lowest BCUT2D eigenvalue weighted by atomic mass is 10.5. The highest BCUT2D eigenvalue weighted by Crippen LogP contribution is 2.12. The normalized spacial score (nSPS) is 9.33. The molecule has 61 valence electrons. The van der Waals surface area contributed by atoms with E-state index in [1.807, 2.05) is 18.2 Å². The molecule has 1 rings (SSSR count). The minimum absolute atomic E-state index is 0.166. The van der Waals surface area contributed by atoms with Crippen molar-refractivity contribution in [3.8, 4) is 0 Å². The highest BCUT2D eigenvalue weighted by atomic mass is 32.2. The minimum Gasteiger partial charge on any atom is -0.292 e. The molecule has 0 atom stereocenters. The second kappa shape index (κ2) is 5.00. The number of thiocarbonyl (C=S) groups is 1. The Morgan fingerprint density at radius 2 is 2.50 bits per heavy atom. The van der Waals surface area contributed by atoms with Gasteiger partial charge in [0.25, 0.3) is 0 Å². The Balaban J connectivity index is 2.43. The zero-order chi connectivity index (χ0) is 8.81. The number of Topliss-reactive ketones (excluding diaryl/α,β-unsaturated/α-hetero) is 1. The summed E-state index contributed by atoms with van der Waals surface area (Å²) in [5, 5.41) is 2.96.